The number of aryl methyl sites for hydroxylation is 1. The quantitative estimate of drug-likeness (QED) is 0.921. The van der Waals surface area contributed by atoms with Crippen molar-refractivity contribution in [3.63, 3.8) is 0 Å². The van der Waals surface area contributed by atoms with E-state index < -0.39 is 5.60 Å². The van der Waals surface area contributed by atoms with Gasteiger partial charge in [0.25, 0.3) is 0 Å². The zero-order valence-corrected chi connectivity index (χ0v) is 14.2. The van der Waals surface area contributed by atoms with Crippen LogP contribution in [-0.4, -0.2) is 54.2 Å². The van der Waals surface area contributed by atoms with Gasteiger partial charge in [-0.3, -0.25) is 4.90 Å². The molecule has 124 valence electrons. The summed E-state index contributed by atoms with van der Waals surface area (Å²) >= 11 is 0. The number of aliphatic hydroxyl groups is 1. The summed E-state index contributed by atoms with van der Waals surface area (Å²) in [7, 11) is 4.02. The molecule has 0 spiro atoms. The Hall–Kier alpha value is -1.62. The van der Waals surface area contributed by atoms with Crippen LogP contribution in [0.2, 0.25) is 0 Å². The summed E-state index contributed by atoms with van der Waals surface area (Å²) in [6.07, 6.45) is 0.842. The lowest BCUT2D eigenvalue weighted by molar-refractivity contribution is 0.0240. The van der Waals surface area contributed by atoms with Crippen LogP contribution in [0.1, 0.15) is 17.7 Å². The summed E-state index contributed by atoms with van der Waals surface area (Å²) in [6.45, 7) is 5.25. The van der Waals surface area contributed by atoms with Gasteiger partial charge in [0.15, 0.2) is 0 Å². The highest BCUT2D eigenvalue weighted by molar-refractivity contribution is 5.57. The summed E-state index contributed by atoms with van der Waals surface area (Å²) in [4.78, 5) is 4.39. The van der Waals surface area contributed by atoms with Crippen molar-refractivity contribution >= 4 is 0 Å². The van der Waals surface area contributed by atoms with Crippen molar-refractivity contribution in [1.29, 1.82) is 0 Å². The SMILES string of the molecule is Cc1ccc(-c2ccc(CN3CCC(O)(CN(C)C)C3)cc2)o1. The zero-order chi connectivity index (χ0) is 16.4. The number of furan rings is 1. The lowest BCUT2D eigenvalue weighted by atomic mass is 10.0. The maximum absolute atomic E-state index is 10.6. The standard InChI is InChI=1S/C19H26N2O2/c1-15-4-9-18(23-15)17-7-5-16(6-8-17)12-21-11-10-19(22,14-21)13-20(2)3/h4-9,22H,10-14H2,1-3H3. The first-order valence-corrected chi connectivity index (χ1v) is 8.19. The van der Waals surface area contributed by atoms with Crippen molar-refractivity contribution < 1.29 is 9.52 Å². The number of likely N-dealkylation sites (N-methyl/N-ethyl adjacent to an activating group) is 1. The van der Waals surface area contributed by atoms with Gasteiger partial charge in [-0.05, 0) is 45.1 Å². The monoisotopic (exact) mass is 314 g/mol. The van der Waals surface area contributed by atoms with Gasteiger partial charge >= 0.3 is 0 Å². The van der Waals surface area contributed by atoms with Gasteiger partial charge in [-0.1, -0.05) is 24.3 Å². The molecule has 2 aromatic rings. The first-order valence-electron chi connectivity index (χ1n) is 8.19. The van der Waals surface area contributed by atoms with Crippen LogP contribution >= 0.6 is 0 Å². The molecular formula is C19H26N2O2. The maximum atomic E-state index is 10.6. The molecule has 1 aliphatic heterocycles. The molecule has 2 heterocycles. The fourth-order valence-corrected chi connectivity index (χ4v) is 3.42. The number of rotatable bonds is 5. The average Bonchev–Trinajstić information content (AvgIpc) is 3.06. The highest BCUT2D eigenvalue weighted by Crippen LogP contribution is 2.25. The normalized spacial score (nSPS) is 22.1. The molecule has 1 aliphatic rings. The van der Waals surface area contributed by atoms with E-state index in [4.69, 9.17) is 4.42 Å². The fraction of sp³-hybridized carbons (Fsp3) is 0.474. The Bertz CT molecular complexity index is 648. The van der Waals surface area contributed by atoms with E-state index in [1.54, 1.807) is 0 Å². The molecule has 0 bridgehead atoms. The zero-order valence-electron chi connectivity index (χ0n) is 14.2. The molecule has 1 atom stereocenters. The molecule has 1 fully saturated rings. The topological polar surface area (TPSA) is 39.9 Å². The van der Waals surface area contributed by atoms with Gasteiger partial charge in [0.05, 0.1) is 5.60 Å². The molecule has 23 heavy (non-hydrogen) atoms. The minimum atomic E-state index is -0.574. The Labute approximate surface area is 138 Å². The third-order valence-electron chi connectivity index (χ3n) is 4.41. The molecule has 4 heteroatoms. The number of benzene rings is 1. The Morgan fingerprint density at radius 3 is 2.52 bits per heavy atom. The molecule has 0 saturated carbocycles. The molecule has 0 aliphatic carbocycles. The van der Waals surface area contributed by atoms with E-state index in [-0.39, 0.29) is 0 Å². The first-order chi connectivity index (χ1) is 10.9. The van der Waals surface area contributed by atoms with E-state index in [2.05, 4.69) is 34.1 Å². The molecule has 1 aromatic heterocycles. The second-order valence-corrected chi connectivity index (χ2v) is 7.03. The van der Waals surface area contributed by atoms with Crippen LogP contribution in [0, 0.1) is 6.92 Å². The van der Waals surface area contributed by atoms with Crippen molar-refractivity contribution in [2.24, 2.45) is 0 Å². The van der Waals surface area contributed by atoms with Crippen LogP contribution in [0.5, 0.6) is 0 Å². The summed E-state index contributed by atoms with van der Waals surface area (Å²) in [6, 6.07) is 12.5. The second-order valence-electron chi connectivity index (χ2n) is 7.03. The van der Waals surface area contributed by atoms with Crippen LogP contribution in [0.25, 0.3) is 11.3 Å². The van der Waals surface area contributed by atoms with Gasteiger partial charge in [0, 0.05) is 31.7 Å². The van der Waals surface area contributed by atoms with E-state index in [0.29, 0.717) is 0 Å². The molecule has 3 rings (SSSR count). The molecule has 0 radical (unpaired) electrons. The molecule has 1 saturated heterocycles. The Kier molecular flexibility index (Phi) is 4.57. The second kappa shape index (κ2) is 6.48. The minimum absolute atomic E-state index is 0.574. The first kappa shape index (κ1) is 16.2. The predicted octanol–water partition coefficient (Wildman–Crippen LogP) is 2.75. The van der Waals surface area contributed by atoms with Gasteiger partial charge in [-0.2, -0.15) is 0 Å². The predicted molar refractivity (Wildman–Crippen MR) is 92.3 cm³/mol. The average molecular weight is 314 g/mol. The van der Waals surface area contributed by atoms with Crippen LogP contribution in [0.3, 0.4) is 0 Å². The summed E-state index contributed by atoms with van der Waals surface area (Å²) in [5.74, 6) is 1.84. The van der Waals surface area contributed by atoms with E-state index in [1.807, 2.05) is 33.2 Å². The molecule has 4 nitrogen and oxygen atoms in total. The lowest BCUT2D eigenvalue weighted by Crippen LogP contribution is -2.42. The number of nitrogens with zero attached hydrogens (tertiary/aromatic N) is 2. The maximum Gasteiger partial charge on any atom is 0.134 e. The number of hydrogen-bond donors (Lipinski definition) is 1. The van der Waals surface area contributed by atoms with Crippen molar-refractivity contribution in [3.8, 4) is 11.3 Å². The highest BCUT2D eigenvalue weighted by atomic mass is 16.3. The van der Waals surface area contributed by atoms with Crippen molar-refractivity contribution in [2.75, 3.05) is 33.7 Å². The third kappa shape index (κ3) is 4.02. The largest absolute Gasteiger partial charge is 0.461 e. The van der Waals surface area contributed by atoms with Crippen molar-refractivity contribution in [2.45, 2.75) is 25.5 Å². The van der Waals surface area contributed by atoms with Gasteiger partial charge in [-0.25, -0.2) is 0 Å². The Morgan fingerprint density at radius 1 is 1.17 bits per heavy atom. The molecular weight excluding hydrogens is 288 g/mol. The van der Waals surface area contributed by atoms with Gasteiger partial charge in [-0.15, -0.1) is 0 Å². The number of likely N-dealkylation sites (tertiary alicyclic amines) is 1. The highest BCUT2D eigenvalue weighted by Gasteiger charge is 2.36. The smallest absolute Gasteiger partial charge is 0.134 e. The summed E-state index contributed by atoms with van der Waals surface area (Å²) < 4.78 is 5.66. The lowest BCUT2D eigenvalue weighted by Gasteiger charge is -2.26. The Morgan fingerprint density at radius 2 is 1.91 bits per heavy atom. The number of β-amino-alcohol motifs (C(OH)–C–C–N with tert-alkyl or cyclic N) is 1. The van der Waals surface area contributed by atoms with Gasteiger partial charge in [0.2, 0.25) is 0 Å². The number of hydrogen-bond acceptors (Lipinski definition) is 4. The van der Waals surface area contributed by atoms with E-state index in [9.17, 15) is 5.11 Å². The molecule has 1 unspecified atom stereocenters. The Balaban J connectivity index is 1.61. The van der Waals surface area contributed by atoms with Crippen molar-refractivity contribution in [3.05, 3.63) is 47.7 Å². The molecule has 0 amide bonds. The summed E-state index contributed by atoms with van der Waals surface area (Å²) in [5.41, 5.74) is 1.80. The van der Waals surface area contributed by atoms with Crippen LogP contribution in [-0.2, 0) is 6.54 Å². The van der Waals surface area contributed by atoms with Crippen molar-refractivity contribution in [1.82, 2.24) is 9.80 Å². The molecule has 1 aromatic carbocycles. The fourth-order valence-electron chi connectivity index (χ4n) is 3.42. The summed E-state index contributed by atoms with van der Waals surface area (Å²) in [5, 5.41) is 10.6. The van der Waals surface area contributed by atoms with Gasteiger partial charge in [0.1, 0.15) is 11.5 Å². The molecule has 1 N–H and O–H groups in total. The van der Waals surface area contributed by atoms with Crippen LogP contribution in [0.15, 0.2) is 40.8 Å². The van der Waals surface area contributed by atoms with Crippen LogP contribution < -0.4 is 0 Å². The van der Waals surface area contributed by atoms with E-state index >= 15 is 0 Å². The van der Waals surface area contributed by atoms with E-state index in [1.165, 1.54) is 5.56 Å². The van der Waals surface area contributed by atoms with Gasteiger partial charge < -0.3 is 14.4 Å². The van der Waals surface area contributed by atoms with E-state index in [0.717, 1.165) is 49.7 Å². The third-order valence-corrected chi connectivity index (χ3v) is 4.41. The minimum Gasteiger partial charge on any atom is -0.461 e. The van der Waals surface area contributed by atoms with Crippen LogP contribution in [0.4, 0.5) is 0 Å².